The van der Waals surface area contributed by atoms with E-state index in [9.17, 15) is 4.79 Å². The summed E-state index contributed by atoms with van der Waals surface area (Å²) in [5.74, 6) is 2.51. The normalized spacial score (nSPS) is 10.8. The molecule has 0 aliphatic rings. The van der Waals surface area contributed by atoms with Gasteiger partial charge >= 0.3 is 0 Å². The first-order valence-electron chi connectivity index (χ1n) is 10.8. The van der Waals surface area contributed by atoms with Gasteiger partial charge in [0.2, 0.25) is 5.91 Å². The molecule has 0 fully saturated rings. The number of carbonyl (C=O) groups excluding carboxylic acids is 1. The van der Waals surface area contributed by atoms with Gasteiger partial charge in [0.05, 0.1) is 24.8 Å². The number of aryl methyl sites for hydroxylation is 1. The molecule has 1 heterocycles. The zero-order valence-electron chi connectivity index (χ0n) is 18.4. The molecule has 0 aliphatic carbocycles. The van der Waals surface area contributed by atoms with Crippen LogP contribution in [0.5, 0.6) is 11.5 Å². The van der Waals surface area contributed by atoms with Crippen LogP contribution in [0.25, 0.3) is 11.0 Å². The molecule has 3 aromatic rings. The third-order valence-electron chi connectivity index (χ3n) is 5.12. The van der Waals surface area contributed by atoms with Crippen LogP contribution in [-0.4, -0.2) is 35.7 Å². The first-order valence-corrected chi connectivity index (χ1v) is 10.8. The molecule has 0 atom stereocenters. The zero-order valence-corrected chi connectivity index (χ0v) is 18.4. The van der Waals surface area contributed by atoms with E-state index in [2.05, 4.69) is 22.5 Å². The fourth-order valence-electron chi connectivity index (χ4n) is 3.53. The maximum atomic E-state index is 11.5. The Morgan fingerprint density at radius 2 is 2.06 bits per heavy atom. The third kappa shape index (κ3) is 5.87. The van der Waals surface area contributed by atoms with Crippen LogP contribution >= 0.6 is 0 Å². The Labute approximate surface area is 183 Å². The van der Waals surface area contributed by atoms with Crippen molar-refractivity contribution in [2.75, 3.05) is 20.3 Å². The second kappa shape index (κ2) is 11.2. The Balaban J connectivity index is 1.63. The minimum Gasteiger partial charge on any atom is -0.493 e. The summed E-state index contributed by atoms with van der Waals surface area (Å²) in [6.07, 6.45) is 4.68. The number of hydrogen-bond donors (Lipinski definition) is 1. The number of allylic oxidation sites excluding steroid dienone is 1. The van der Waals surface area contributed by atoms with Gasteiger partial charge in [-0.05, 0) is 42.7 Å². The Morgan fingerprint density at radius 3 is 2.84 bits per heavy atom. The molecule has 6 nitrogen and oxygen atoms in total. The number of benzene rings is 2. The van der Waals surface area contributed by atoms with E-state index in [4.69, 9.17) is 14.5 Å². The number of ether oxygens (including phenoxy) is 2. The van der Waals surface area contributed by atoms with Gasteiger partial charge in [-0.3, -0.25) is 4.79 Å². The van der Waals surface area contributed by atoms with Crippen LogP contribution in [0.3, 0.4) is 0 Å². The lowest BCUT2D eigenvalue weighted by atomic mass is 10.1. The second-order valence-corrected chi connectivity index (χ2v) is 7.30. The molecule has 0 spiro atoms. The molecule has 0 unspecified atom stereocenters. The van der Waals surface area contributed by atoms with Crippen molar-refractivity contribution in [2.45, 2.75) is 39.2 Å². The monoisotopic (exact) mass is 421 g/mol. The topological polar surface area (TPSA) is 65.4 Å². The van der Waals surface area contributed by atoms with Crippen LogP contribution in [0.4, 0.5) is 0 Å². The molecule has 0 bridgehead atoms. The predicted molar refractivity (Wildman–Crippen MR) is 124 cm³/mol. The highest BCUT2D eigenvalue weighted by Gasteiger charge is 2.11. The quantitative estimate of drug-likeness (QED) is 0.350. The van der Waals surface area contributed by atoms with Crippen molar-refractivity contribution < 1.29 is 14.3 Å². The first-order chi connectivity index (χ1) is 15.2. The summed E-state index contributed by atoms with van der Waals surface area (Å²) < 4.78 is 13.7. The van der Waals surface area contributed by atoms with Crippen LogP contribution in [0.1, 0.15) is 31.2 Å². The van der Waals surface area contributed by atoms with Crippen molar-refractivity contribution in [1.29, 1.82) is 0 Å². The summed E-state index contributed by atoms with van der Waals surface area (Å²) in [4.78, 5) is 16.3. The molecular weight excluding hydrogens is 390 g/mol. The van der Waals surface area contributed by atoms with E-state index >= 15 is 0 Å². The molecular formula is C25H31N3O3. The average molecular weight is 422 g/mol. The van der Waals surface area contributed by atoms with Crippen molar-refractivity contribution >= 4 is 16.9 Å². The number of amides is 1. The van der Waals surface area contributed by atoms with Gasteiger partial charge in [-0.15, -0.1) is 6.58 Å². The number of nitrogens with zero attached hydrogens (tertiary/aromatic N) is 2. The highest BCUT2D eigenvalue weighted by molar-refractivity contribution is 5.76. The van der Waals surface area contributed by atoms with Crippen LogP contribution in [0.2, 0.25) is 0 Å². The maximum absolute atomic E-state index is 11.5. The molecule has 1 N–H and O–H groups in total. The van der Waals surface area contributed by atoms with E-state index in [1.54, 1.807) is 7.11 Å². The summed E-state index contributed by atoms with van der Waals surface area (Å²) in [6.45, 7) is 7.57. The largest absolute Gasteiger partial charge is 0.493 e. The lowest BCUT2D eigenvalue weighted by molar-refractivity contribution is -0.120. The number of hydrogen-bond acceptors (Lipinski definition) is 4. The molecule has 3 rings (SSSR count). The Kier molecular flexibility index (Phi) is 8.10. The molecule has 1 amide bonds. The molecule has 2 aromatic carbocycles. The minimum absolute atomic E-state index is 0.0594. The van der Waals surface area contributed by atoms with Gasteiger partial charge in [0.15, 0.2) is 11.5 Å². The summed E-state index contributed by atoms with van der Waals surface area (Å²) in [6, 6.07) is 14.1. The number of aromatic nitrogens is 2. The number of rotatable bonds is 12. The van der Waals surface area contributed by atoms with Crippen molar-refractivity contribution in [3.63, 3.8) is 0 Å². The average Bonchev–Trinajstić information content (AvgIpc) is 3.14. The second-order valence-electron chi connectivity index (χ2n) is 7.30. The van der Waals surface area contributed by atoms with Gasteiger partial charge in [0.1, 0.15) is 5.82 Å². The molecule has 0 aliphatic heterocycles. The lowest BCUT2D eigenvalue weighted by Gasteiger charge is -2.13. The fourth-order valence-corrected chi connectivity index (χ4v) is 3.53. The van der Waals surface area contributed by atoms with E-state index in [-0.39, 0.29) is 5.91 Å². The van der Waals surface area contributed by atoms with Crippen LogP contribution in [-0.2, 0) is 24.2 Å². The number of carbonyl (C=O) groups is 1. The summed E-state index contributed by atoms with van der Waals surface area (Å²) in [7, 11) is 1.65. The first kappa shape index (κ1) is 22.4. The van der Waals surface area contributed by atoms with Crippen LogP contribution < -0.4 is 14.8 Å². The standard InChI is InChI=1S/C25H31N3O3/c1-4-9-19-12-13-22(23(18-19)30-3)31-17-8-16-28-21-11-7-6-10-20(21)27-24(28)14-15-26-25(29)5-2/h4,6-7,10-13,18H,1,5,8-9,14-17H2,2-3H3,(H,26,29). The van der Waals surface area contributed by atoms with Gasteiger partial charge < -0.3 is 19.4 Å². The highest BCUT2D eigenvalue weighted by atomic mass is 16.5. The molecule has 6 heteroatoms. The van der Waals surface area contributed by atoms with Gasteiger partial charge in [0, 0.05) is 25.9 Å². The van der Waals surface area contributed by atoms with Gasteiger partial charge in [-0.2, -0.15) is 0 Å². The summed E-state index contributed by atoms with van der Waals surface area (Å²) in [5, 5.41) is 2.93. The Hall–Kier alpha value is -3.28. The molecule has 164 valence electrons. The lowest BCUT2D eigenvalue weighted by Crippen LogP contribution is -2.25. The number of methoxy groups -OCH3 is 1. The van der Waals surface area contributed by atoms with Gasteiger partial charge in [-0.1, -0.05) is 31.2 Å². The summed E-state index contributed by atoms with van der Waals surface area (Å²) in [5.41, 5.74) is 3.22. The maximum Gasteiger partial charge on any atom is 0.219 e. The van der Waals surface area contributed by atoms with E-state index < -0.39 is 0 Å². The van der Waals surface area contributed by atoms with E-state index in [0.29, 0.717) is 26.0 Å². The molecule has 0 radical (unpaired) electrons. The third-order valence-corrected chi connectivity index (χ3v) is 5.12. The number of para-hydroxylation sites is 2. The zero-order chi connectivity index (χ0) is 22.1. The SMILES string of the molecule is C=CCc1ccc(OCCCn2c(CCNC(=O)CC)nc3ccccc32)c(OC)c1. The van der Waals surface area contributed by atoms with Crippen molar-refractivity contribution in [1.82, 2.24) is 14.9 Å². The number of nitrogens with one attached hydrogen (secondary N) is 1. The fraction of sp³-hybridized carbons (Fsp3) is 0.360. The predicted octanol–water partition coefficient (Wildman–Crippen LogP) is 4.31. The van der Waals surface area contributed by atoms with E-state index in [0.717, 1.165) is 53.3 Å². The molecule has 31 heavy (non-hydrogen) atoms. The Morgan fingerprint density at radius 1 is 1.23 bits per heavy atom. The Bertz CT molecular complexity index is 1030. The molecule has 0 saturated heterocycles. The minimum atomic E-state index is 0.0594. The van der Waals surface area contributed by atoms with E-state index in [1.807, 2.05) is 49.4 Å². The van der Waals surface area contributed by atoms with Crippen LogP contribution in [0.15, 0.2) is 55.1 Å². The van der Waals surface area contributed by atoms with Crippen molar-refractivity contribution in [3.05, 3.63) is 66.5 Å². The smallest absolute Gasteiger partial charge is 0.219 e. The summed E-state index contributed by atoms with van der Waals surface area (Å²) >= 11 is 0. The van der Waals surface area contributed by atoms with Crippen molar-refractivity contribution in [3.8, 4) is 11.5 Å². The molecule has 0 saturated carbocycles. The number of fused-ring (bicyclic) bond motifs is 1. The van der Waals surface area contributed by atoms with Gasteiger partial charge in [-0.25, -0.2) is 4.98 Å². The van der Waals surface area contributed by atoms with Gasteiger partial charge in [0.25, 0.3) is 0 Å². The van der Waals surface area contributed by atoms with Crippen molar-refractivity contribution in [2.24, 2.45) is 0 Å². The molecule has 1 aromatic heterocycles. The number of imidazole rings is 1. The van der Waals surface area contributed by atoms with Crippen LogP contribution in [0, 0.1) is 0 Å². The highest BCUT2D eigenvalue weighted by Crippen LogP contribution is 2.28. The van der Waals surface area contributed by atoms with E-state index in [1.165, 1.54) is 0 Å².